The summed E-state index contributed by atoms with van der Waals surface area (Å²) < 4.78 is 5.46. The van der Waals surface area contributed by atoms with Crippen LogP contribution in [0.3, 0.4) is 0 Å². The lowest BCUT2D eigenvalue weighted by Crippen LogP contribution is -2.10. The molecule has 0 aliphatic rings. The average molecular weight is 220 g/mol. The molecule has 16 heavy (non-hydrogen) atoms. The minimum Gasteiger partial charge on any atom is -0.376 e. The molecule has 0 heterocycles. The molecule has 1 aromatic rings. The number of hydrogen-bond donors (Lipinski definition) is 0. The standard InChI is InChI=1S/C14H20O2/c1-11(2)14(15)8-9-16-10-13-6-4-12(3)5-7-13/h4-7,11H,8-10H2,1-3H3. The lowest BCUT2D eigenvalue weighted by molar-refractivity contribution is -0.123. The van der Waals surface area contributed by atoms with Gasteiger partial charge in [0.25, 0.3) is 0 Å². The van der Waals surface area contributed by atoms with Gasteiger partial charge in [-0.1, -0.05) is 43.7 Å². The molecule has 0 saturated heterocycles. The summed E-state index contributed by atoms with van der Waals surface area (Å²) in [6.07, 6.45) is 0.517. The zero-order valence-electron chi connectivity index (χ0n) is 10.3. The summed E-state index contributed by atoms with van der Waals surface area (Å²) in [5.41, 5.74) is 2.40. The smallest absolute Gasteiger partial charge is 0.137 e. The van der Waals surface area contributed by atoms with Gasteiger partial charge in [-0.2, -0.15) is 0 Å². The molecule has 0 spiro atoms. The van der Waals surface area contributed by atoms with Crippen LogP contribution in [0.15, 0.2) is 24.3 Å². The van der Waals surface area contributed by atoms with Gasteiger partial charge in [0.2, 0.25) is 0 Å². The molecule has 0 aliphatic carbocycles. The molecule has 1 rings (SSSR count). The number of aryl methyl sites for hydroxylation is 1. The van der Waals surface area contributed by atoms with Gasteiger partial charge < -0.3 is 4.74 Å². The fourth-order valence-electron chi connectivity index (χ4n) is 1.34. The minimum absolute atomic E-state index is 0.114. The minimum atomic E-state index is 0.114. The van der Waals surface area contributed by atoms with Crippen LogP contribution in [-0.4, -0.2) is 12.4 Å². The lowest BCUT2D eigenvalue weighted by atomic mass is 10.1. The first-order valence-corrected chi connectivity index (χ1v) is 5.75. The Morgan fingerprint density at radius 1 is 1.25 bits per heavy atom. The molecule has 1 aromatic carbocycles. The van der Waals surface area contributed by atoms with E-state index in [-0.39, 0.29) is 11.7 Å². The Bertz CT molecular complexity index is 325. The summed E-state index contributed by atoms with van der Waals surface area (Å²) >= 11 is 0. The summed E-state index contributed by atoms with van der Waals surface area (Å²) in [5, 5.41) is 0. The zero-order valence-corrected chi connectivity index (χ0v) is 10.3. The molecule has 0 aromatic heterocycles. The van der Waals surface area contributed by atoms with Crippen molar-refractivity contribution in [3.63, 3.8) is 0 Å². The second-order valence-corrected chi connectivity index (χ2v) is 4.41. The Morgan fingerprint density at radius 3 is 2.44 bits per heavy atom. The first-order valence-electron chi connectivity index (χ1n) is 5.75. The van der Waals surface area contributed by atoms with Gasteiger partial charge in [-0.25, -0.2) is 0 Å². The molecular weight excluding hydrogens is 200 g/mol. The van der Waals surface area contributed by atoms with E-state index in [0.717, 1.165) is 5.56 Å². The number of benzene rings is 1. The predicted octanol–water partition coefficient (Wildman–Crippen LogP) is 3.13. The lowest BCUT2D eigenvalue weighted by Gasteiger charge is -2.06. The number of hydrogen-bond acceptors (Lipinski definition) is 2. The van der Waals surface area contributed by atoms with Crippen LogP contribution in [-0.2, 0) is 16.1 Å². The predicted molar refractivity (Wildman–Crippen MR) is 65.3 cm³/mol. The highest BCUT2D eigenvalue weighted by atomic mass is 16.5. The van der Waals surface area contributed by atoms with Gasteiger partial charge in [-0.15, -0.1) is 0 Å². The topological polar surface area (TPSA) is 26.3 Å². The maximum atomic E-state index is 11.3. The van der Waals surface area contributed by atoms with E-state index in [0.29, 0.717) is 19.6 Å². The van der Waals surface area contributed by atoms with Crippen molar-refractivity contribution in [3.8, 4) is 0 Å². The summed E-state index contributed by atoms with van der Waals surface area (Å²) in [6, 6.07) is 8.25. The van der Waals surface area contributed by atoms with E-state index in [9.17, 15) is 4.79 Å². The molecule has 0 fully saturated rings. The second kappa shape index (κ2) is 6.44. The zero-order chi connectivity index (χ0) is 12.0. The molecular formula is C14H20O2. The highest BCUT2D eigenvalue weighted by Crippen LogP contribution is 2.05. The molecule has 88 valence electrons. The van der Waals surface area contributed by atoms with Crippen molar-refractivity contribution in [1.82, 2.24) is 0 Å². The Balaban J connectivity index is 2.21. The largest absolute Gasteiger partial charge is 0.376 e. The average Bonchev–Trinajstić information content (AvgIpc) is 2.26. The van der Waals surface area contributed by atoms with E-state index >= 15 is 0 Å². The van der Waals surface area contributed by atoms with Gasteiger partial charge in [0.05, 0.1) is 13.2 Å². The van der Waals surface area contributed by atoms with Gasteiger partial charge in [0, 0.05) is 12.3 Å². The second-order valence-electron chi connectivity index (χ2n) is 4.41. The number of carbonyl (C=O) groups is 1. The normalized spacial score (nSPS) is 10.8. The SMILES string of the molecule is Cc1ccc(COCCC(=O)C(C)C)cc1. The van der Waals surface area contributed by atoms with Crippen LogP contribution in [0.4, 0.5) is 0 Å². The molecule has 0 amide bonds. The van der Waals surface area contributed by atoms with Crippen molar-refractivity contribution in [1.29, 1.82) is 0 Å². The summed E-state index contributed by atoms with van der Waals surface area (Å²) in [7, 11) is 0. The molecule has 2 nitrogen and oxygen atoms in total. The Hall–Kier alpha value is -1.15. The van der Waals surface area contributed by atoms with Crippen molar-refractivity contribution in [2.24, 2.45) is 5.92 Å². The third-order valence-electron chi connectivity index (χ3n) is 2.53. The molecule has 0 saturated carbocycles. The van der Waals surface area contributed by atoms with E-state index in [1.54, 1.807) is 0 Å². The van der Waals surface area contributed by atoms with E-state index in [1.165, 1.54) is 5.56 Å². The van der Waals surface area contributed by atoms with Crippen molar-refractivity contribution in [2.75, 3.05) is 6.61 Å². The molecule has 0 aliphatic heterocycles. The van der Waals surface area contributed by atoms with Gasteiger partial charge >= 0.3 is 0 Å². The molecule has 0 unspecified atom stereocenters. The fraction of sp³-hybridized carbons (Fsp3) is 0.500. The molecule has 0 bridgehead atoms. The van der Waals surface area contributed by atoms with Crippen LogP contribution < -0.4 is 0 Å². The van der Waals surface area contributed by atoms with Gasteiger partial charge in [0.1, 0.15) is 5.78 Å². The van der Waals surface area contributed by atoms with Crippen LogP contribution in [0.25, 0.3) is 0 Å². The molecule has 0 N–H and O–H groups in total. The highest BCUT2D eigenvalue weighted by molar-refractivity contribution is 5.80. The van der Waals surface area contributed by atoms with Crippen LogP contribution in [0.1, 0.15) is 31.4 Å². The maximum Gasteiger partial charge on any atom is 0.137 e. The maximum absolute atomic E-state index is 11.3. The van der Waals surface area contributed by atoms with Crippen molar-refractivity contribution >= 4 is 5.78 Å². The van der Waals surface area contributed by atoms with Crippen LogP contribution in [0.2, 0.25) is 0 Å². The van der Waals surface area contributed by atoms with Crippen molar-refractivity contribution < 1.29 is 9.53 Å². The molecule has 0 atom stereocenters. The van der Waals surface area contributed by atoms with Gasteiger partial charge in [-0.3, -0.25) is 4.79 Å². The van der Waals surface area contributed by atoms with Crippen LogP contribution in [0, 0.1) is 12.8 Å². The Labute approximate surface area is 97.6 Å². The third kappa shape index (κ3) is 4.58. The highest BCUT2D eigenvalue weighted by Gasteiger charge is 2.06. The Kier molecular flexibility index (Phi) is 5.20. The molecule has 0 radical (unpaired) electrons. The number of ether oxygens (including phenoxy) is 1. The van der Waals surface area contributed by atoms with E-state index in [2.05, 4.69) is 31.2 Å². The number of Topliss-reactive ketones (excluding diaryl/α,β-unsaturated/α-hetero) is 1. The van der Waals surface area contributed by atoms with Crippen LogP contribution >= 0.6 is 0 Å². The van der Waals surface area contributed by atoms with E-state index < -0.39 is 0 Å². The van der Waals surface area contributed by atoms with E-state index in [1.807, 2.05) is 13.8 Å². The number of ketones is 1. The summed E-state index contributed by atoms with van der Waals surface area (Å²) in [4.78, 5) is 11.3. The monoisotopic (exact) mass is 220 g/mol. The summed E-state index contributed by atoms with van der Waals surface area (Å²) in [5.74, 6) is 0.381. The first kappa shape index (κ1) is 12.9. The van der Waals surface area contributed by atoms with Crippen molar-refractivity contribution in [2.45, 2.75) is 33.8 Å². The Morgan fingerprint density at radius 2 is 1.88 bits per heavy atom. The third-order valence-corrected chi connectivity index (χ3v) is 2.53. The molecule has 2 heteroatoms. The van der Waals surface area contributed by atoms with Crippen LogP contribution in [0.5, 0.6) is 0 Å². The van der Waals surface area contributed by atoms with Gasteiger partial charge in [-0.05, 0) is 12.5 Å². The van der Waals surface area contributed by atoms with E-state index in [4.69, 9.17) is 4.74 Å². The first-order chi connectivity index (χ1) is 7.59. The fourth-order valence-corrected chi connectivity index (χ4v) is 1.34. The summed E-state index contributed by atoms with van der Waals surface area (Å²) in [6.45, 7) is 7.01. The quantitative estimate of drug-likeness (QED) is 0.688. The van der Waals surface area contributed by atoms with Crippen molar-refractivity contribution in [3.05, 3.63) is 35.4 Å². The van der Waals surface area contributed by atoms with Gasteiger partial charge in [0.15, 0.2) is 0 Å². The number of rotatable bonds is 6. The number of carbonyl (C=O) groups excluding carboxylic acids is 1.